The first-order valence-electron chi connectivity index (χ1n) is 8.38. The van der Waals surface area contributed by atoms with Crippen molar-refractivity contribution in [3.63, 3.8) is 0 Å². The standard InChI is InChI=1S/C20H21NO3/c1-14-9-10-15(2)18-17(14)20(23-11-6-12-24-20)19(22)21(18)13-16-7-4-3-5-8-16/h3-5,7-10H,6,11-13H2,1-2H3. The minimum absolute atomic E-state index is 0.113. The lowest BCUT2D eigenvalue weighted by atomic mass is 9.97. The fraction of sp³-hybridized carbons (Fsp3) is 0.350. The van der Waals surface area contributed by atoms with Crippen molar-refractivity contribution in [1.82, 2.24) is 0 Å². The van der Waals surface area contributed by atoms with Gasteiger partial charge in [-0.2, -0.15) is 0 Å². The van der Waals surface area contributed by atoms with Gasteiger partial charge in [-0.1, -0.05) is 42.5 Å². The highest BCUT2D eigenvalue weighted by Gasteiger charge is 2.56. The summed E-state index contributed by atoms with van der Waals surface area (Å²) in [6, 6.07) is 14.1. The number of ether oxygens (including phenoxy) is 2. The molecule has 1 fully saturated rings. The van der Waals surface area contributed by atoms with Gasteiger partial charge in [0, 0.05) is 5.56 Å². The van der Waals surface area contributed by atoms with E-state index in [0.717, 1.165) is 34.4 Å². The summed E-state index contributed by atoms with van der Waals surface area (Å²) in [6.45, 7) is 5.65. The predicted molar refractivity (Wildman–Crippen MR) is 91.7 cm³/mol. The Bertz CT molecular complexity index is 779. The highest BCUT2D eigenvalue weighted by Crippen LogP contribution is 2.48. The Morgan fingerprint density at radius 2 is 1.67 bits per heavy atom. The van der Waals surface area contributed by atoms with Gasteiger partial charge in [-0.15, -0.1) is 0 Å². The molecular formula is C20H21NO3. The molecule has 2 aliphatic heterocycles. The molecule has 2 aromatic rings. The number of rotatable bonds is 2. The molecule has 1 amide bonds. The van der Waals surface area contributed by atoms with Gasteiger partial charge in [0.15, 0.2) is 0 Å². The van der Waals surface area contributed by atoms with Crippen LogP contribution in [-0.4, -0.2) is 19.1 Å². The van der Waals surface area contributed by atoms with Crippen LogP contribution in [0.4, 0.5) is 5.69 Å². The van der Waals surface area contributed by atoms with Crippen LogP contribution in [0.15, 0.2) is 42.5 Å². The van der Waals surface area contributed by atoms with Gasteiger partial charge in [0.25, 0.3) is 11.7 Å². The summed E-state index contributed by atoms with van der Waals surface area (Å²) in [5.74, 6) is -1.38. The van der Waals surface area contributed by atoms with Gasteiger partial charge >= 0.3 is 0 Å². The molecule has 1 saturated heterocycles. The maximum atomic E-state index is 13.3. The fourth-order valence-corrected chi connectivity index (χ4v) is 3.66. The van der Waals surface area contributed by atoms with E-state index in [4.69, 9.17) is 9.47 Å². The Labute approximate surface area is 142 Å². The van der Waals surface area contributed by atoms with Crippen molar-refractivity contribution >= 4 is 11.6 Å². The molecule has 0 aliphatic carbocycles. The molecule has 1 spiro atoms. The lowest BCUT2D eigenvalue weighted by molar-refractivity contribution is -0.257. The van der Waals surface area contributed by atoms with Crippen LogP contribution in [-0.2, 0) is 26.6 Å². The third-order valence-corrected chi connectivity index (χ3v) is 4.80. The number of carbonyl (C=O) groups excluding carboxylic acids is 1. The van der Waals surface area contributed by atoms with Crippen LogP contribution in [0.3, 0.4) is 0 Å². The largest absolute Gasteiger partial charge is 0.338 e. The minimum Gasteiger partial charge on any atom is -0.338 e. The topological polar surface area (TPSA) is 38.8 Å². The maximum Gasteiger partial charge on any atom is 0.292 e. The lowest BCUT2D eigenvalue weighted by Crippen LogP contribution is -2.47. The van der Waals surface area contributed by atoms with Crippen LogP contribution in [0.1, 0.15) is 28.7 Å². The van der Waals surface area contributed by atoms with Crippen molar-refractivity contribution in [3.05, 3.63) is 64.7 Å². The van der Waals surface area contributed by atoms with E-state index in [-0.39, 0.29) is 5.91 Å². The van der Waals surface area contributed by atoms with E-state index in [1.54, 1.807) is 0 Å². The number of carbonyl (C=O) groups is 1. The van der Waals surface area contributed by atoms with Crippen molar-refractivity contribution in [2.45, 2.75) is 32.6 Å². The van der Waals surface area contributed by atoms with Crippen LogP contribution < -0.4 is 4.90 Å². The summed E-state index contributed by atoms with van der Waals surface area (Å²) in [4.78, 5) is 15.1. The second-order valence-corrected chi connectivity index (χ2v) is 6.47. The number of amides is 1. The summed E-state index contributed by atoms with van der Waals surface area (Å²) in [5, 5.41) is 0. The number of hydrogen-bond acceptors (Lipinski definition) is 3. The van der Waals surface area contributed by atoms with Crippen molar-refractivity contribution < 1.29 is 14.3 Å². The predicted octanol–water partition coefficient (Wildman–Crippen LogP) is 3.44. The molecule has 0 N–H and O–H groups in total. The molecule has 0 radical (unpaired) electrons. The zero-order valence-corrected chi connectivity index (χ0v) is 14.0. The van der Waals surface area contributed by atoms with Crippen LogP contribution in [0, 0.1) is 13.8 Å². The number of anilines is 1. The van der Waals surface area contributed by atoms with Crippen LogP contribution >= 0.6 is 0 Å². The van der Waals surface area contributed by atoms with E-state index in [9.17, 15) is 4.79 Å². The second kappa shape index (κ2) is 5.72. The third kappa shape index (κ3) is 2.18. The summed E-state index contributed by atoms with van der Waals surface area (Å²) < 4.78 is 11.9. The Kier molecular flexibility index (Phi) is 3.66. The molecule has 0 aromatic heterocycles. The molecule has 0 unspecified atom stereocenters. The molecule has 4 rings (SSSR count). The van der Waals surface area contributed by atoms with E-state index in [2.05, 4.69) is 6.07 Å². The van der Waals surface area contributed by atoms with E-state index >= 15 is 0 Å². The first-order valence-corrected chi connectivity index (χ1v) is 8.38. The van der Waals surface area contributed by atoms with Crippen LogP contribution in [0.2, 0.25) is 0 Å². The third-order valence-electron chi connectivity index (χ3n) is 4.80. The van der Waals surface area contributed by atoms with Crippen LogP contribution in [0.25, 0.3) is 0 Å². The van der Waals surface area contributed by atoms with Gasteiger partial charge in [-0.3, -0.25) is 4.79 Å². The molecule has 124 valence electrons. The van der Waals surface area contributed by atoms with Gasteiger partial charge in [-0.05, 0) is 37.0 Å². The Balaban J connectivity index is 1.85. The monoisotopic (exact) mass is 323 g/mol. The lowest BCUT2D eigenvalue weighted by Gasteiger charge is -2.33. The van der Waals surface area contributed by atoms with Crippen LogP contribution in [0.5, 0.6) is 0 Å². The molecule has 0 saturated carbocycles. The molecule has 2 aromatic carbocycles. The number of hydrogen-bond donors (Lipinski definition) is 0. The summed E-state index contributed by atoms with van der Waals surface area (Å²) in [5.41, 5.74) is 5.00. The van der Waals surface area contributed by atoms with Gasteiger partial charge in [-0.25, -0.2) is 0 Å². The summed E-state index contributed by atoms with van der Waals surface area (Å²) in [6.07, 6.45) is 0.813. The SMILES string of the molecule is Cc1ccc(C)c2c1N(Cc1ccccc1)C(=O)C21OCCCO1. The molecule has 4 heteroatoms. The van der Waals surface area contributed by atoms with Gasteiger partial charge in [0.1, 0.15) is 0 Å². The zero-order valence-electron chi connectivity index (χ0n) is 14.0. The van der Waals surface area contributed by atoms with Crippen molar-refractivity contribution in [3.8, 4) is 0 Å². The number of fused-ring (bicyclic) bond motifs is 2. The quantitative estimate of drug-likeness (QED) is 0.850. The minimum atomic E-state index is -1.27. The highest BCUT2D eigenvalue weighted by atomic mass is 16.7. The van der Waals surface area contributed by atoms with E-state index in [1.165, 1.54) is 0 Å². The van der Waals surface area contributed by atoms with E-state index < -0.39 is 5.79 Å². The zero-order chi connectivity index (χ0) is 16.7. The van der Waals surface area contributed by atoms with E-state index in [1.807, 2.05) is 55.1 Å². The molecule has 0 atom stereocenters. The molecular weight excluding hydrogens is 302 g/mol. The molecule has 2 heterocycles. The molecule has 2 aliphatic rings. The Morgan fingerprint density at radius 1 is 1.00 bits per heavy atom. The van der Waals surface area contributed by atoms with Gasteiger partial charge < -0.3 is 14.4 Å². The number of benzene rings is 2. The number of aryl methyl sites for hydroxylation is 2. The summed E-state index contributed by atoms with van der Waals surface area (Å²) >= 11 is 0. The average molecular weight is 323 g/mol. The fourth-order valence-electron chi connectivity index (χ4n) is 3.66. The average Bonchev–Trinajstić information content (AvgIpc) is 2.84. The Hall–Kier alpha value is -2.17. The smallest absolute Gasteiger partial charge is 0.292 e. The van der Waals surface area contributed by atoms with Crippen molar-refractivity contribution in [2.75, 3.05) is 18.1 Å². The van der Waals surface area contributed by atoms with Crippen molar-refractivity contribution in [2.24, 2.45) is 0 Å². The first kappa shape index (κ1) is 15.4. The van der Waals surface area contributed by atoms with Gasteiger partial charge in [0.05, 0.1) is 25.4 Å². The highest BCUT2D eigenvalue weighted by molar-refractivity contribution is 6.07. The normalized spacial score (nSPS) is 18.9. The second-order valence-electron chi connectivity index (χ2n) is 6.47. The summed E-state index contributed by atoms with van der Waals surface area (Å²) in [7, 11) is 0. The number of nitrogens with zero attached hydrogens (tertiary/aromatic N) is 1. The van der Waals surface area contributed by atoms with E-state index in [0.29, 0.717) is 19.8 Å². The Morgan fingerprint density at radius 3 is 2.38 bits per heavy atom. The first-order chi connectivity index (χ1) is 11.6. The van der Waals surface area contributed by atoms with Gasteiger partial charge in [0.2, 0.25) is 0 Å². The molecule has 24 heavy (non-hydrogen) atoms. The molecule has 4 nitrogen and oxygen atoms in total. The van der Waals surface area contributed by atoms with Crippen molar-refractivity contribution in [1.29, 1.82) is 0 Å². The molecule has 0 bridgehead atoms. The maximum absolute atomic E-state index is 13.3.